The smallest absolute Gasteiger partial charge is 0.352 e. The van der Waals surface area contributed by atoms with Gasteiger partial charge in [-0.25, -0.2) is 4.79 Å². The van der Waals surface area contributed by atoms with E-state index >= 15 is 0 Å². The molecule has 7 nitrogen and oxygen atoms in total. The van der Waals surface area contributed by atoms with E-state index in [1.54, 1.807) is 75.8 Å². The minimum atomic E-state index is -0.952. The number of esters is 1. The van der Waals surface area contributed by atoms with Crippen LogP contribution in [0.3, 0.4) is 0 Å². The summed E-state index contributed by atoms with van der Waals surface area (Å²) in [6.45, 7) is 1.97. The van der Waals surface area contributed by atoms with E-state index in [0.717, 1.165) is 0 Å². The van der Waals surface area contributed by atoms with Crippen molar-refractivity contribution >= 4 is 17.8 Å². The van der Waals surface area contributed by atoms with Crippen LogP contribution in [0.25, 0.3) is 6.08 Å². The van der Waals surface area contributed by atoms with Gasteiger partial charge in [0.1, 0.15) is 23.0 Å². The highest BCUT2D eigenvalue weighted by molar-refractivity contribution is 6.14. The lowest BCUT2D eigenvalue weighted by Crippen LogP contribution is -2.21. The van der Waals surface area contributed by atoms with Gasteiger partial charge in [-0.3, -0.25) is 4.79 Å². The Morgan fingerprint density at radius 1 is 0.971 bits per heavy atom. The summed E-state index contributed by atoms with van der Waals surface area (Å²) >= 11 is 0. The molecule has 174 valence electrons. The maximum Gasteiger partial charge on any atom is 0.352 e. The van der Waals surface area contributed by atoms with Crippen molar-refractivity contribution in [2.24, 2.45) is 0 Å². The Hall–Kier alpha value is -4.26. The number of fused-ring (bicyclic) bond motifs is 1. The molecule has 0 aliphatic carbocycles. The monoisotopic (exact) mass is 460 g/mol. The number of hydrogen-bond donors (Lipinski definition) is 0. The highest BCUT2D eigenvalue weighted by Crippen LogP contribution is 2.37. The van der Waals surface area contributed by atoms with Crippen LogP contribution in [0, 0.1) is 0 Å². The summed E-state index contributed by atoms with van der Waals surface area (Å²) in [5.41, 5.74) is 1.69. The van der Waals surface area contributed by atoms with Crippen molar-refractivity contribution in [1.29, 1.82) is 0 Å². The van der Waals surface area contributed by atoms with Gasteiger partial charge in [0, 0.05) is 17.2 Å². The Balaban J connectivity index is 1.61. The summed E-state index contributed by atoms with van der Waals surface area (Å²) in [6.07, 6.45) is 0.655. The van der Waals surface area contributed by atoms with E-state index in [4.69, 9.17) is 23.7 Å². The van der Waals surface area contributed by atoms with Crippen molar-refractivity contribution in [2.45, 2.75) is 13.0 Å². The first-order chi connectivity index (χ1) is 16.5. The number of methoxy groups -OCH3 is 2. The SMILES string of the molecule is CCOC(=O)[C@@H](Oc1ccc2c(c1)O/C(=C\c1cc(OC)ccc1OC)C2=O)c1ccccc1. The van der Waals surface area contributed by atoms with Crippen LogP contribution in [0.4, 0.5) is 0 Å². The van der Waals surface area contributed by atoms with E-state index in [9.17, 15) is 9.59 Å². The molecule has 0 saturated carbocycles. The summed E-state index contributed by atoms with van der Waals surface area (Å²) in [5.74, 6) is 1.28. The summed E-state index contributed by atoms with van der Waals surface area (Å²) in [6, 6.07) is 19.2. The van der Waals surface area contributed by atoms with E-state index in [-0.39, 0.29) is 18.1 Å². The first-order valence-electron chi connectivity index (χ1n) is 10.7. The second-order valence-electron chi connectivity index (χ2n) is 7.37. The molecule has 3 aromatic rings. The molecule has 0 bridgehead atoms. The average Bonchev–Trinajstić information content (AvgIpc) is 3.17. The van der Waals surface area contributed by atoms with Crippen LogP contribution >= 0.6 is 0 Å². The molecule has 0 spiro atoms. The molecule has 4 rings (SSSR count). The number of carbonyl (C=O) groups is 2. The molecule has 0 saturated heterocycles. The Morgan fingerprint density at radius 3 is 2.44 bits per heavy atom. The van der Waals surface area contributed by atoms with Crippen molar-refractivity contribution < 1.29 is 33.3 Å². The van der Waals surface area contributed by atoms with Gasteiger partial charge in [-0.1, -0.05) is 30.3 Å². The van der Waals surface area contributed by atoms with Crippen LogP contribution in [-0.2, 0) is 9.53 Å². The van der Waals surface area contributed by atoms with Crippen molar-refractivity contribution in [1.82, 2.24) is 0 Å². The molecule has 0 amide bonds. The lowest BCUT2D eigenvalue weighted by molar-refractivity contribution is -0.151. The molecule has 0 radical (unpaired) electrons. The molecule has 0 N–H and O–H groups in total. The predicted molar refractivity (Wildman–Crippen MR) is 125 cm³/mol. The maximum atomic E-state index is 12.9. The number of benzene rings is 3. The number of Topliss-reactive ketones (excluding diaryl/α,β-unsaturated/α-hetero) is 1. The molecule has 1 heterocycles. The van der Waals surface area contributed by atoms with E-state index < -0.39 is 12.1 Å². The number of allylic oxidation sites excluding steroid dienone is 1. The van der Waals surface area contributed by atoms with Gasteiger partial charge in [0.15, 0.2) is 5.76 Å². The van der Waals surface area contributed by atoms with Crippen molar-refractivity contribution in [2.75, 3.05) is 20.8 Å². The van der Waals surface area contributed by atoms with Crippen LogP contribution in [0.5, 0.6) is 23.0 Å². The average molecular weight is 460 g/mol. The molecular weight excluding hydrogens is 436 g/mol. The van der Waals surface area contributed by atoms with Crippen LogP contribution in [0.2, 0.25) is 0 Å². The van der Waals surface area contributed by atoms with Gasteiger partial charge in [-0.05, 0) is 43.3 Å². The zero-order valence-electron chi connectivity index (χ0n) is 19.1. The Kier molecular flexibility index (Phi) is 6.82. The topological polar surface area (TPSA) is 80.3 Å². The largest absolute Gasteiger partial charge is 0.497 e. The molecule has 1 atom stereocenters. The molecule has 7 heteroatoms. The number of carbonyl (C=O) groups excluding carboxylic acids is 2. The lowest BCUT2D eigenvalue weighted by Gasteiger charge is -2.18. The number of ketones is 1. The first-order valence-corrected chi connectivity index (χ1v) is 10.7. The second-order valence-corrected chi connectivity index (χ2v) is 7.37. The predicted octanol–water partition coefficient (Wildman–Crippen LogP) is 5.00. The van der Waals surface area contributed by atoms with Crippen LogP contribution in [0.15, 0.2) is 72.5 Å². The fourth-order valence-corrected chi connectivity index (χ4v) is 3.57. The van der Waals surface area contributed by atoms with Gasteiger partial charge in [0.2, 0.25) is 11.9 Å². The highest BCUT2D eigenvalue weighted by atomic mass is 16.6. The lowest BCUT2D eigenvalue weighted by atomic mass is 10.1. The minimum absolute atomic E-state index is 0.142. The van der Waals surface area contributed by atoms with Gasteiger partial charge in [0.25, 0.3) is 0 Å². The number of rotatable bonds is 8. The zero-order chi connectivity index (χ0) is 24.1. The van der Waals surface area contributed by atoms with E-state index in [1.165, 1.54) is 0 Å². The molecular formula is C27H24O7. The van der Waals surface area contributed by atoms with E-state index in [0.29, 0.717) is 39.7 Å². The van der Waals surface area contributed by atoms with Crippen molar-refractivity contribution in [3.63, 3.8) is 0 Å². The molecule has 3 aromatic carbocycles. The molecule has 0 aromatic heterocycles. The zero-order valence-corrected chi connectivity index (χ0v) is 19.1. The quantitative estimate of drug-likeness (QED) is 0.346. The van der Waals surface area contributed by atoms with Gasteiger partial charge < -0.3 is 23.7 Å². The first kappa shape index (κ1) is 22.9. The number of ether oxygens (including phenoxy) is 5. The van der Waals surface area contributed by atoms with Crippen LogP contribution in [-0.4, -0.2) is 32.6 Å². The normalized spacial score (nSPS) is 14.2. The van der Waals surface area contributed by atoms with Crippen LogP contribution in [0.1, 0.15) is 34.5 Å². The molecule has 34 heavy (non-hydrogen) atoms. The fourth-order valence-electron chi connectivity index (χ4n) is 3.57. The third-order valence-corrected chi connectivity index (χ3v) is 5.22. The Morgan fingerprint density at radius 2 is 1.74 bits per heavy atom. The maximum absolute atomic E-state index is 12.9. The molecule has 0 unspecified atom stereocenters. The molecule has 1 aliphatic heterocycles. The summed E-state index contributed by atoms with van der Waals surface area (Å²) in [4.78, 5) is 25.5. The van der Waals surface area contributed by atoms with Gasteiger partial charge in [-0.15, -0.1) is 0 Å². The molecule has 1 aliphatic rings. The highest BCUT2D eigenvalue weighted by Gasteiger charge is 2.30. The van der Waals surface area contributed by atoms with Gasteiger partial charge in [-0.2, -0.15) is 0 Å². The third kappa shape index (κ3) is 4.73. The Bertz CT molecular complexity index is 1230. The summed E-state index contributed by atoms with van der Waals surface area (Å²) < 4.78 is 27.7. The Labute approximate surface area is 197 Å². The van der Waals surface area contributed by atoms with Gasteiger partial charge >= 0.3 is 5.97 Å². The van der Waals surface area contributed by atoms with Gasteiger partial charge in [0.05, 0.1) is 26.4 Å². The second kappa shape index (κ2) is 10.1. The standard InChI is InChI=1S/C27H24O7/c1-4-32-27(29)26(17-8-6-5-7-9-17)33-20-10-12-21-23(16-20)34-24(25(21)28)15-18-14-19(30-2)11-13-22(18)31-3/h5-16,26H,4H2,1-3H3/b24-15-/t26-/m0/s1. The number of hydrogen-bond acceptors (Lipinski definition) is 7. The summed E-state index contributed by atoms with van der Waals surface area (Å²) in [5, 5.41) is 0. The van der Waals surface area contributed by atoms with Crippen LogP contribution < -0.4 is 18.9 Å². The fraction of sp³-hybridized carbons (Fsp3) is 0.185. The van der Waals surface area contributed by atoms with Crippen molar-refractivity contribution in [3.05, 3.63) is 89.2 Å². The third-order valence-electron chi connectivity index (χ3n) is 5.22. The summed E-state index contributed by atoms with van der Waals surface area (Å²) in [7, 11) is 3.11. The van der Waals surface area contributed by atoms with E-state index in [2.05, 4.69) is 0 Å². The van der Waals surface area contributed by atoms with Crippen molar-refractivity contribution in [3.8, 4) is 23.0 Å². The minimum Gasteiger partial charge on any atom is -0.497 e. The molecule has 0 fully saturated rings. The van der Waals surface area contributed by atoms with E-state index in [1.807, 2.05) is 18.2 Å².